The van der Waals surface area contributed by atoms with E-state index in [0.717, 1.165) is 31.0 Å². The van der Waals surface area contributed by atoms with Crippen LogP contribution in [0.1, 0.15) is 24.8 Å². The molecule has 1 aliphatic heterocycles. The Bertz CT molecular complexity index is 466. The van der Waals surface area contributed by atoms with Gasteiger partial charge in [-0.25, -0.2) is 4.39 Å². The number of amidine groups is 1. The van der Waals surface area contributed by atoms with Crippen molar-refractivity contribution >= 4 is 11.5 Å². The van der Waals surface area contributed by atoms with Crippen molar-refractivity contribution in [3.63, 3.8) is 0 Å². The summed E-state index contributed by atoms with van der Waals surface area (Å²) >= 11 is 0. The van der Waals surface area contributed by atoms with E-state index in [0.29, 0.717) is 18.8 Å². The number of rotatable bonds is 1. The first-order chi connectivity index (χ1) is 8.47. The third kappa shape index (κ3) is 3.00. The fourth-order valence-electron chi connectivity index (χ4n) is 1.75. The minimum absolute atomic E-state index is 0.175. The maximum absolute atomic E-state index is 13.4. The molecule has 0 aliphatic carbocycles. The summed E-state index contributed by atoms with van der Waals surface area (Å²) in [6, 6.07) is 2.31. The Labute approximate surface area is 102 Å². The molecule has 0 fully saturated rings. The lowest BCUT2D eigenvalue weighted by molar-refractivity contribution is -0.137. The minimum Gasteiger partial charge on any atom is -0.342 e. The van der Waals surface area contributed by atoms with Crippen molar-refractivity contribution in [1.29, 1.82) is 0 Å². The Hall–Kier alpha value is -1.59. The Morgan fingerprint density at radius 1 is 1.17 bits per heavy atom. The number of nitrogens with zero attached hydrogens (tertiary/aromatic N) is 1. The predicted octanol–water partition coefficient (Wildman–Crippen LogP) is 3.84. The molecule has 1 aromatic rings. The number of halogens is 4. The number of hydrogen-bond donors (Lipinski definition) is 1. The van der Waals surface area contributed by atoms with Crippen LogP contribution in [0.25, 0.3) is 0 Å². The van der Waals surface area contributed by atoms with Gasteiger partial charge >= 0.3 is 6.18 Å². The summed E-state index contributed by atoms with van der Waals surface area (Å²) < 4.78 is 50.9. The molecule has 18 heavy (non-hydrogen) atoms. The number of aliphatic imine (C=N–C) groups is 1. The van der Waals surface area contributed by atoms with Gasteiger partial charge in [0, 0.05) is 13.0 Å². The number of benzene rings is 1. The third-order valence-electron chi connectivity index (χ3n) is 2.70. The van der Waals surface area contributed by atoms with Crippen LogP contribution in [-0.4, -0.2) is 12.4 Å². The van der Waals surface area contributed by atoms with Crippen LogP contribution in [0.5, 0.6) is 0 Å². The van der Waals surface area contributed by atoms with Gasteiger partial charge in [0.1, 0.15) is 11.7 Å². The summed E-state index contributed by atoms with van der Waals surface area (Å²) in [5, 5.41) is 2.64. The summed E-state index contributed by atoms with van der Waals surface area (Å²) in [5.41, 5.74) is -1.05. The van der Waals surface area contributed by atoms with Gasteiger partial charge in [-0.05, 0) is 31.0 Å². The molecule has 2 nitrogen and oxygen atoms in total. The molecule has 1 aromatic carbocycles. The Balaban J connectivity index is 2.24. The summed E-state index contributed by atoms with van der Waals surface area (Å²) in [5.74, 6) is -0.171. The standard InChI is InChI=1S/C12H12F4N2/c13-9-5-4-8(12(14,15)16)7-10(9)18-11-3-1-2-6-17-11/h4-5,7H,1-3,6H2,(H,17,18). The van der Waals surface area contributed by atoms with E-state index in [1.165, 1.54) is 0 Å². The van der Waals surface area contributed by atoms with Crippen LogP contribution in [0.15, 0.2) is 23.2 Å². The monoisotopic (exact) mass is 260 g/mol. The first-order valence-corrected chi connectivity index (χ1v) is 5.64. The number of hydrogen-bond acceptors (Lipinski definition) is 2. The van der Waals surface area contributed by atoms with Crippen molar-refractivity contribution in [3.8, 4) is 0 Å². The molecule has 0 atom stereocenters. The van der Waals surface area contributed by atoms with Crippen LogP contribution < -0.4 is 5.32 Å². The highest BCUT2D eigenvalue weighted by atomic mass is 19.4. The first kappa shape index (κ1) is 12.9. The van der Waals surface area contributed by atoms with Gasteiger partial charge in [0.2, 0.25) is 0 Å². The number of nitrogens with one attached hydrogen (secondary N) is 1. The second-order valence-corrected chi connectivity index (χ2v) is 4.10. The largest absolute Gasteiger partial charge is 0.416 e. The molecular formula is C12H12F4N2. The van der Waals surface area contributed by atoms with Gasteiger partial charge < -0.3 is 5.32 Å². The topological polar surface area (TPSA) is 24.4 Å². The van der Waals surface area contributed by atoms with Crippen LogP contribution in [0.3, 0.4) is 0 Å². The molecule has 2 rings (SSSR count). The molecular weight excluding hydrogens is 248 g/mol. The average Bonchev–Trinajstić information content (AvgIpc) is 2.32. The van der Waals surface area contributed by atoms with Crippen LogP contribution in [0.4, 0.5) is 23.2 Å². The lowest BCUT2D eigenvalue weighted by Crippen LogP contribution is -2.17. The Kier molecular flexibility index (Phi) is 3.54. The molecule has 0 saturated heterocycles. The summed E-state index contributed by atoms with van der Waals surface area (Å²) in [6.07, 6.45) is -1.98. The van der Waals surface area contributed by atoms with Gasteiger partial charge in [-0.1, -0.05) is 0 Å². The zero-order valence-electron chi connectivity index (χ0n) is 9.52. The van der Waals surface area contributed by atoms with Gasteiger partial charge in [0.25, 0.3) is 0 Å². The van der Waals surface area contributed by atoms with E-state index in [2.05, 4.69) is 10.3 Å². The summed E-state index contributed by atoms with van der Waals surface area (Å²) in [4.78, 5) is 4.12. The highest BCUT2D eigenvalue weighted by Crippen LogP contribution is 2.32. The van der Waals surface area contributed by atoms with E-state index in [1.807, 2.05) is 0 Å². The normalized spacial score (nSPS) is 16.3. The van der Waals surface area contributed by atoms with Gasteiger partial charge in [0.15, 0.2) is 0 Å². The van der Waals surface area contributed by atoms with E-state index in [-0.39, 0.29) is 5.69 Å². The minimum atomic E-state index is -4.47. The molecule has 0 aromatic heterocycles. The van der Waals surface area contributed by atoms with Crippen LogP contribution in [0.2, 0.25) is 0 Å². The van der Waals surface area contributed by atoms with Crippen molar-refractivity contribution in [1.82, 2.24) is 0 Å². The molecule has 0 amide bonds. The fourth-order valence-corrected chi connectivity index (χ4v) is 1.75. The maximum atomic E-state index is 13.4. The molecule has 0 spiro atoms. The maximum Gasteiger partial charge on any atom is 0.416 e. The quantitative estimate of drug-likeness (QED) is 0.762. The lowest BCUT2D eigenvalue weighted by atomic mass is 10.1. The summed E-state index contributed by atoms with van der Waals surface area (Å²) in [6.45, 7) is 0.628. The second kappa shape index (κ2) is 4.96. The molecule has 0 radical (unpaired) electrons. The van der Waals surface area contributed by atoms with Crippen LogP contribution >= 0.6 is 0 Å². The van der Waals surface area contributed by atoms with Gasteiger partial charge in [-0.2, -0.15) is 13.2 Å². The van der Waals surface area contributed by atoms with Gasteiger partial charge in [-0.3, -0.25) is 4.99 Å². The molecule has 0 bridgehead atoms. The molecule has 98 valence electrons. The Morgan fingerprint density at radius 3 is 2.56 bits per heavy atom. The van der Waals surface area contributed by atoms with Crippen molar-refractivity contribution in [2.45, 2.75) is 25.4 Å². The van der Waals surface area contributed by atoms with E-state index < -0.39 is 17.6 Å². The van der Waals surface area contributed by atoms with Crippen LogP contribution in [-0.2, 0) is 6.18 Å². The molecule has 1 aliphatic rings. The molecule has 6 heteroatoms. The molecule has 0 saturated carbocycles. The number of alkyl halides is 3. The number of anilines is 1. The molecule has 1 heterocycles. The van der Waals surface area contributed by atoms with Crippen molar-refractivity contribution in [2.75, 3.05) is 11.9 Å². The first-order valence-electron chi connectivity index (χ1n) is 5.64. The van der Waals surface area contributed by atoms with Gasteiger partial charge in [-0.15, -0.1) is 0 Å². The highest BCUT2D eigenvalue weighted by Gasteiger charge is 2.31. The highest BCUT2D eigenvalue weighted by molar-refractivity contribution is 5.95. The van der Waals surface area contributed by atoms with Crippen molar-refractivity contribution < 1.29 is 17.6 Å². The lowest BCUT2D eigenvalue weighted by Gasteiger charge is -2.15. The van der Waals surface area contributed by atoms with E-state index in [1.54, 1.807) is 0 Å². The SMILES string of the molecule is Fc1ccc(C(F)(F)F)cc1NC1=NCCCC1. The molecule has 1 N–H and O–H groups in total. The zero-order valence-corrected chi connectivity index (χ0v) is 9.52. The predicted molar refractivity (Wildman–Crippen MR) is 61.2 cm³/mol. The Morgan fingerprint density at radius 2 is 1.94 bits per heavy atom. The van der Waals surface area contributed by atoms with Gasteiger partial charge in [0.05, 0.1) is 11.3 Å². The van der Waals surface area contributed by atoms with E-state index in [4.69, 9.17) is 0 Å². The average molecular weight is 260 g/mol. The summed E-state index contributed by atoms with van der Waals surface area (Å²) in [7, 11) is 0. The van der Waals surface area contributed by atoms with Crippen LogP contribution in [0, 0.1) is 5.82 Å². The third-order valence-corrected chi connectivity index (χ3v) is 2.70. The molecule has 0 unspecified atom stereocenters. The van der Waals surface area contributed by atoms with Crippen molar-refractivity contribution in [3.05, 3.63) is 29.6 Å². The van der Waals surface area contributed by atoms with E-state index >= 15 is 0 Å². The van der Waals surface area contributed by atoms with Crippen molar-refractivity contribution in [2.24, 2.45) is 4.99 Å². The zero-order chi connectivity index (χ0) is 13.2. The fraction of sp³-hybridized carbons (Fsp3) is 0.417. The smallest absolute Gasteiger partial charge is 0.342 e. The van der Waals surface area contributed by atoms with E-state index in [9.17, 15) is 17.6 Å². The second-order valence-electron chi connectivity index (χ2n) is 4.10.